The van der Waals surface area contributed by atoms with Gasteiger partial charge in [0.1, 0.15) is 12.2 Å². The summed E-state index contributed by atoms with van der Waals surface area (Å²) in [4.78, 5) is 27.0. The van der Waals surface area contributed by atoms with E-state index >= 15 is 0 Å². The van der Waals surface area contributed by atoms with E-state index in [4.69, 9.17) is 4.74 Å². The molecular weight excluding hydrogens is 238 g/mol. The summed E-state index contributed by atoms with van der Waals surface area (Å²) in [5.74, 6) is -0.654. The monoisotopic (exact) mass is 253 g/mol. The molecule has 98 valence electrons. The molecule has 0 saturated heterocycles. The van der Waals surface area contributed by atoms with Crippen LogP contribution in [0.5, 0.6) is 0 Å². The molecule has 0 amide bonds. The second-order valence-corrected chi connectivity index (χ2v) is 3.83. The van der Waals surface area contributed by atoms with Gasteiger partial charge in [0, 0.05) is 11.6 Å². The van der Waals surface area contributed by atoms with E-state index in [0.29, 0.717) is 5.56 Å². The summed E-state index contributed by atoms with van der Waals surface area (Å²) < 4.78 is 4.96. The largest absolute Gasteiger partial charge is 0.465 e. The van der Waals surface area contributed by atoms with Gasteiger partial charge in [0.15, 0.2) is 0 Å². The Morgan fingerprint density at radius 2 is 2.22 bits per heavy atom. The van der Waals surface area contributed by atoms with Gasteiger partial charge in [0.25, 0.3) is 0 Å². The molecule has 0 radical (unpaired) electrons. The van der Waals surface area contributed by atoms with Crippen LogP contribution in [0, 0.1) is 10.1 Å². The smallest absolute Gasteiger partial charge is 0.363 e. The number of carbonyl (C=O) groups is 1. The molecule has 7 nitrogen and oxygen atoms in total. The molecule has 1 aromatic heterocycles. The summed E-state index contributed by atoms with van der Waals surface area (Å²) in [7, 11) is 3.45. The minimum atomic E-state index is -0.613. The summed E-state index contributed by atoms with van der Waals surface area (Å²) >= 11 is 0. The van der Waals surface area contributed by atoms with Crippen molar-refractivity contribution in [2.75, 3.05) is 20.7 Å². The molecule has 0 aliphatic heterocycles. The van der Waals surface area contributed by atoms with E-state index < -0.39 is 16.9 Å². The minimum absolute atomic E-state index is 0.250. The Labute approximate surface area is 105 Å². The first-order valence-corrected chi connectivity index (χ1v) is 5.40. The molecule has 1 aromatic rings. The zero-order chi connectivity index (χ0) is 13.7. The fourth-order valence-electron chi connectivity index (χ4n) is 1.53. The molecule has 1 rings (SSSR count). The molecule has 1 heterocycles. The average Bonchev–Trinajstić information content (AvgIpc) is 2.29. The van der Waals surface area contributed by atoms with E-state index in [2.05, 4.69) is 4.98 Å². The van der Waals surface area contributed by atoms with Crippen molar-refractivity contribution in [3.8, 4) is 0 Å². The number of hydrogen-bond donors (Lipinski definition) is 0. The first-order valence-electron chi connectivity index (χ1n) is 5.40. The van der Waals surface area contributed by atoms with Crippen LogP contribution in [0.15, 0.2) is 18.3 Å². The van der Waals surface area contributed by atoms with Gasteiger partial charge in [0.2, 0.25) is 0 Å². The van der Waals surface area contributed by atoms with Crippen molar-refractivity contribution in [2.45, 2.75) is 13.0 Å². The average molecular weight is 253 g/mol. The first kappa shape index (κ1) is 14.0. The quantitative estimate of drug-likeness (QED) is 0.444. The van der Waals surface area contributed by atoms with Gasteiger partial charge in [-0.2, -0.15) is 0 Å². The highest BCUT2D eigenvalue weighted by molar-refractivity contribution is 5.77. The predicted molar refractivity (Wildman–Crippen MR) is 64.0 cm³/mol. The van der Waals surface area contributed by atoms with Crippen LogP contribution in [-0.2, 0) is 9.53 Å². The highest BCUT2D eigenvalue weighted by Crippen LogP contribution is 2.20. The number of rotatable bonds is 5. The normalized spacial score (nSPS) is 12.2. The van der Waals surface area contributed by atoms with Crippen LogP contribution >= 0.6 is 0 Å². The lowest BCUT2D eigenvalue weighted by molar-refractivity contribution is -0.389. The number of aromatic nitrogens is 1. The van der Waals surface area contributed by atoms with E-state index in [-0.39, 0.29) is 12.4 Å². The van der Waals surface area contributed by atoms with E-state index in [9.17, 15) is 14.9 Å². The Kier molecular flexibility index (Phi) is 4.73. The molecule has 0 saturated carbocycles. The zero-order valence-corrected chi connectivity index (χ0v) is 10.5. The summed E-state index contributed by atoms with van der Waals surface area (Å²) in [5, 5.41) is 10.5. The van der Waals surface area contributed by atoms with Gasteiger partial charge < -0.3 is 14.9 Å². The molecule has 0 bridgehead atoms. The molecule has 1 unspecified atom stereocenters. The molecule has 1 atom stereocenters. The fraction of sp³-hybridized carbons (Fsp3) is 0.455. The highest BCUT2D eigenvalue weighted by Gasteiger charge is 2.26. The van der Waals surface area contributed by atoms with E-state index in [0.717, 1.165) is 0 Å². The highest BCUT2D eigenvalue weighted by atomic mass is 16.6. The number of hydrogen-bond acceptors (Lipinski definition) is 6. The molecule has 0 fully saturated rings. The number of likely N-dealkylation sites (N-methyl/N-ethyl adjacent to an activating group) is 1. The van der Waals surface area contributed by atoms with Gasteiger partial charge >= 0.3 is 11.8 Å². The van der Waals surface area contributed by atoms with Crippen LogP contribution < -0.4 is 0 Å². The van der Waals surface area contributed by atoms with Crippen molar-refractivity contribution < 1.29 is 14.5 Å². The SMILES string of the molecule is CCOC(=O)C(c1ccc([N+](=O)[O-])nc1)N(C)C. The Balaban J connectivity index is 2.99. The number of carbonyl (C=O) groups excluding carboxylic acids is 1. The minimum Gasteiger partial charge on any atom is -0.465 e. The summed E-state index contributed by atoms with van der Waals surface area (Å²) in [6.07, 6.45) is 1.32. The number of ether oxygens (including phenoxy) is 1. The van der Waals surface area contributed by atoms with Gasteiger partial charge in [-0.05, 0) is 37.0 Å². The third-order valence-corrected chi connectivity index (χ3v) is 2.30. The zero-order valence-electron chi connectivity index (χ0n) is 10.5. The van der Waals surface area contributed by atoms with Crippen LogP contribution in [0.2, 0.25) is 0 Å². The van der Waals surface area contributed by atoms with Crippen LogP contribution in [0.1, 0.15) is 18.5 Å². The number of pyridine rings is 1. The molecule has 0 spiro atoms. The second kappa shape index (κ2) is 6.06. The summed E-state index contributed by atoms with van der Waals surface area (Å²) in [5.41, 5.74) is 0.559. The lowest BCUT2D eigenvalue weighted by Gasteiger charge is -2.21. The fourth-order valence-corrected chi connectivity index (χ4v) is 1.53. The van der Waals surface area contributed by atoms with Gasteiger partial charge in [-0.15, -0.1) is 0 Å². The van der Waals surface area contributed by atoms with E-state index in [1.54, 1.807) is 25.9 Å². The molecule has 0 N–H and O–H groups in total. The second-order valence-electron chi connectivity index (χ2n) is 3.83. The maximum atomic E-state index is 11.8. The van der Waals surface area contributed by atoms with Crippen molar-refractivity contribution in [3.05, 3.63) is 34.0 Å². The van der Waals surface area contributed by atoms with Gasteiger partial charge in [-0.25, -0.2) is 4.79 Å². The third kappa shape index (κ3) is 3.24. The Bertz CT molecular complexity index is 430. The third-order valence-electron chi connectivity index (χ3n) is 2.30. The summed E-state index contributed by atoms with van der Waals surface area (Å²) in [6, 6.07) is 2.16. The van der Waals surface area contributed by atoms with Crippen LogP contribution in [0.3, 0.4) is 0 Å². The van der Waals surface area contributed by atoms with Crippen LogP contribution in [0.25, 0.3) is 0 Å². The maximum Gasteiger partial charge on any atom is 0.363 e. The van der Waals surface area contributed by atoms with E-state index in [1.807, 2.05) is 0 Å². The standard InChI is InChI=1S/C11H15N3O4/c1-4-18-11(15)10(13(2)3)8-5-6-9(12-7-8)14(16)17/h5-7,10H,4H2,1-3H3. The number of nitrogens with zero attached hydrogens (tertiary/aromatic N) is 3. The van der Waals surface area contributed by atoms with Crippen molar-refractivity contribution in [3.63, 3.8) is 0 Å². The molecule has 0 aliphatic carbocycles. The summed E-state index contributed by atoms with van der Waals surface area (Å²) in [6.45, 7) is 2.00. The molecular formula is C11H15N3O4. The predicted octanol–water partition coefficient (Wildman–Crippen LogP) is 1.16. The molecule has 0 aromatic carbocycles. The van der Waals surface area contributed by atoms with Crippen molar-refractivity contribution in [1.82, 2.24) is 9.88 Å². The Morgan fingerprint density at radius 3 is 2.61 bits per heavy atom. The van der Waals surface area contributed by atoms with Gasteiger partial charge in [-0.1, -0.05) is 0 Å². The lowest BCUT2D eigenvalue weighted by Crippen LogP contribution is -2.29. The van der Waals surface area contributed by atoms with Crippen LogP contribution in [-0.4, -0.2) is 41.5 Å². The molecule has 18 heavy (non-hydrogen) atoms. The number of esters is 1. The maximum absolute atomic E-state index is 11.8. The van der Waals surface area contributed by atoms with Crippen LogP contribution in [0.4, 0.5) is 5.82 Å². The lowest BCUT2D eigenvalue weighted by atomic mass is 10.1. The van der Waals surface area contributed by atoms with Crippen molar-refractivity contribution in [1.29, 1.82) is 0 Å². The molecule has 7 heteroatoms. The Hall–Kier alpha value is -2.02. The van der Waals surface area contributed by atoms with E-state index in [1.165, 1.54) is 18.3 Å². The van der Waals surface area contributed by atoms with Crippen molar-refractivity contribution >= 4 is 11.8 Å². The number of nitro groups is 1. The Morgan fingerprint density at radius 1 is 1.56 bits per heavy atom. The van der Waals surface area contributed by atoms with Gasteiger partial charge in [-0.3, -0.25) is 4.90 Å². The topological polar surface area (TPSA) is 85.6 Å². The first-order chi connectivity index (χ1) is 8.47. The molecule has 0 aliphatic rings. The van der Waals surface area contributed by atoms with Crippen molar-refractivity contribution in [2.24, 2.45) is 0 Å². The van der Waals surface area contributed by atoms with Gasteiger partial charge in [0.05, 0.1) is 6.61 Å².